The van der Waals surface area contributed by atoms with Gasteiger partial charge in [0.25, 0.3) is 5.91 Å². The lowest BCUT2D eigenvalue weighted by Crippen LogP contribution is -2.41. The number of hydrogen-bond acceptors (Lipinski definition) is 4. The molecule has 2 rings (SSSR count). The van der Waals surface area contributed by atoms with Crippen LogP contribution in [0, 0.1) is 23.0 Å². The van der Waals surface area contributed by atoms with Gasteiger partial charge in [-0.15, -0.1) is 0 Å². The van der Waals surface area contributed by atoms with Crippen molar-refractivity contribution in [1.82, 2.24) is 4.90 Å². The molecular weight excluding hydrogens is 280 g/mol. The molecule has 0 spiro atoms. The van der Waals surface area contributed by atoms with Crippen LogP contribution in [0.3, 0.4) is 0 Å². The van der Waals surface area contributed by atoms with E-state index in [-0.39, 0.29) is 11.3 Å². The number of nitrogens with one attached hydrogen (secondary N) is 1. The van der Waals surface area contributed by atoms with Crippen molar-refractivity contribution in [3.05, 3.63) is 41.6 Å². The summed E-state index contributed by atoms with van der Waals surface area (Å²) in [5.74, 6) is -1.76. The predicted octanol–water partition coefficient (Wildman–Crippen LogP) is 1.64. The lowest BCUT2D eigenvalue weighted by molar-refractivity contribution is -0.130. The molecule has 1 fully saturated rings. The molecule has 0 aromatic heterocycles. The third-order valence-electron chi connectivity index (χ3n) is 2.95. The number of rotatable bonds is 3. The summed E-state index contributed by atoms with van der Waals surface area (Å²) in [5, 5.41) is 11.5. The first-order valence-electron chi connectivity index (χ1n) is 6.30. The molecule has 1 heterocycles. The van der Waals surface area contributed by atoms with Crippen LogP contribution in [-0.2, 0) is 9.53 Å². The second-order valence-electron chi connectivity index (χ2n) is 4.34. The maximum Gasteiger partial charge on any atom is 0.266 e. The number of carbonyl (C=O) groups excluding carboxylic acids is 1. The number of halogens is 2. The fourth-order valence-corrected chi connectivity index (χ4v) is 1.84. The molecule has 0 atom stereocenters. The Morgan fingerprint density at radius 3 is 2.76 bits per heavy atom. The van der Waals surface area contributed by atoms with Gasteiger partial charge in [-0.05, 0) is 12.1 Å². The Labute approximate surface area is 120 Å². The zero-order valence-corrected chi connectivity index (χ0v) is 11.1. The van der Waals surface area contributed by atoms with Gasteiger partial charge in [-0.3, -0.25) is 4.79 Å². The van der Waals surface area contributed by atoms with Crippen LogP contribution in [-0.4, -0.2) is 37.1 Å². The van der Waals surface area contributed by atoms with E-state index in [0.717, 1.165) is 24.4 Å². The predicted molar refractivity (Wildman–Crippen MR) is 71.1 cm³/mol. The number of carbonyl (C=O) groups is 1. The number of amides is 1. The third kappa shape index (κ3) is 3.77. The zero-order chi connectivity index (χ0) is 15.2. The Kier molecular flexibility index (Phi) is 4.85. The van der Waals surface area contributed by atoms with Crippen molar-refractivity contribution >= 4 is 11.6 Å². The molecule has 0 aliphatic carbocycles. The molecule has 1 aromatic carbocycles. The minimum absolute atomic E-state index is 0.141. The summed E-state index contributed by atoms with van der Waals surface area (Å²) < 4.78 is 31.6. The summed E-state index contributed by atoms with van der Waals surface area (Å²) in [6, 6.07) is 4.64. The monoisotopic (exact) mass is 293 g/mol. The van der Waals surface area contributed by atoms with Crippen molar-refractivity contribution in [2.45, 2.75) is 0 Å². The number of hydrogen-bond donors (Lipinski definition) is 1. The molecule has 0 radical (unpaired) electrons. The molecule has 1 amide bonds. The van der Waals surface area contributed by atoms with Crippen LogP contribution >= 0.6 is 0 Å². The van der Waals surface area contributed by atoms with Crippen LogP contribution in [0.2, 0.25) is 0 Å². The van der Waals surface area contributed by atoms with Gasteiger partial charge < -0.3 is 15.0 Å². The highest BCUT2D eigenvalue weighted by molar-refractivity contribution is 5.97. The SMILES string of the molecule is N#C/C(=C/Nc1cc(F)ccc1F)C(=O)N1CCOCC1. The Hall–Kier alpha value is -2.46. The summed E-state index contributed by atoms with van der Waals surface area (Å²) in [6.07, 6.45) is 1.08. The molecular formula is C14H13F2N3O2. The highest BCUT2D eigenvalue weighted by Gasteiger charge is 2.20. The summed E-state index contributed by atoms with van der Waals surface area (Å²) >= 11 is 0. The minimum atomic E-state index is -0.677. The Morgan fingerprint density at radius 2 is 2.10 bits per heavy atom. The van der Waals surface area contributed by atoms with Crippen molar-refractivity contribution in [2.75, 3.05) is 31.6 Å². The Morgan fingerprint density at radius 1 is 1.38 bits per heavy atom. The quantitative estimate of drug-likeness (QED) is 0.679. The van der Waals surface area contributed by atoms with Gasteiger partial charge in [0.15, 0.2) is 0 Å². The first-order chi connectivity index (χ1) is 10.1. The first kappa shape index (κ1) is 14.9. The number of anilines is 1. The minimum Gasteiger partial charge on any atom is -0.378 e. The molecule has 0 unspecified atom stereocenters. The Balaban J connectivity index is 2.11. The fourth-order valence-electron chi connectivity index (χ4n) is 1.84. The molecule has 1 aliphatic rings. The van der Waals surface area contributed by atoms with Gasteiger partial charge in [0.2, 0.25) is 0 Å². The second-order valence-corrected chi connectivity index (χ2v) is 4.34. The summed E-state index contributed by atoms with van der Waals surface area (Å²) in [4.78, 5) is 13.5. The molecule has 1 aliphatic heterocycles. The lowest BCUT2D eigenvalue weighted by atomic mass is 10.2. The number of nitrogens with zero attached hydrogens (tertiary/aromatic N) is 2. The van der Waals surface area contributed by atoms with Crippen molar-refractivity contribution in [2.24, 2.45) is 0 Å². The number of morpholine rings is 1. The molecule has 1 saturated heterocycles. The third-order valence-corrected chi connectivity index (χ3v) is 2.95. The van der Waals surface area contributed by atoms with E-state index in [4.69, 9.17) is 10.00 Å². The normalized spacial score (nSPS) is 15.5. The first-order valence-corrected chi connectivity index (χ1v) is 6.30. The van der Waals surface area contributed by atoms with Gasteiger partial charge in [0.1, 0.15) is 23.3 Å². The van der Waals surface area contributed by atoms with E-state index in [2.05, 4.69) is 5.32 Å². The average Bonchev–Trinajstić information content (AvgIpc) is 2.51. The molecule has 0 saturated carbocycles. The van der Waals surface area contributed by atoms with Crippen LogP contribution in [0.25, 0.3) is 0 Å². The molecule has 0 bridgehead atoms. The number of nitriles is 1. The van der Waals surface area contributed by atoms with Gasteiger partial charge in [-0.1, -0.05) is 0 Å². The van der Waals surface area contributed by atoms with E-state index in [1.54, 1.807) is 6.07 Å². The van der Waals surface area contributed by atoms with Crippen molar-refractivity contribution in [3.63, 3.8) is 0 Å². The van der Waals surface area contributed by atoms with E-state index in [1.807, 2.05) is 0 Å². The summed E-state index contributed by atoms with van der Waals surface area (Å²) in [5.41, 5.74) is -0.321. The molecule has 1 aromatic rings. The van der Waals surface area contributed by atoms with Crippen molar-refractivity contribution in [3.8, 4) is 6.07 Å². The second kappa shape index (κ2) is 6.81. The lowest BCUT2D eigenvalue weighted by Gasteiger charge is -2.26. The highest BCUT2D eigenvalue weighted by atomic mass is 19.1. The highest BCUT2D eigenvalue weighted by Crippen LogP contribution is 2.16. The van der Waals surface area contributed by atoms with E-state index in [1.165, 1.54) is 4.90 Å². The summed E-state index contributed by atoms with van der Waals surface area (Å²) in [7, 11) is 0. The van der Waals surface area contributed by atoms with E-state index in [0.29, 0.717) is 26.3 Å². The maximum atomic E-state index is 13.4. The number of benzene rings is 1. The molecule has 1 N–H and O–H groups in total. The van der Waals surface area contributed by atoms with Gasteiger partial charge in [-0.2, -0.15) is 5.26 Å². The average molecular weight is 293 g/mol. The summed E-state index contributed by atoms with van der Waals surface area (Å²) in [6.45, 7) is 1.62. The fraction of sp³-hybridized carbons (Fsp3) is 0.286. The van der Waals surface area contributed by atoms with Crippen LogP contribution < -0.4 is 5.32 Å². The largest absolute Gasteiger partial charge is 0.378 e. The van der Waals surface area contributed by atoms with E-state index in [9.17, 15) is 13.6 Å². The van der Waals surface area contributed by atoms with Gasteiger partial charge in [0, 0.05) is 25.4 Å². The zero-order valence-electron chi connectivity index (χ0n) is 11.1. The maximum absolute atomic E-state index is 13.4. The standard InChI is InChI=1S/C14H13F2N3O2/c15-11-1-2-12(16)13(7-11)18-9-10(8-17)14(20)19-3-5-21-6-4-19/h1-2,7,9,18H,3-6H2/b10-9-. The molecule has 110 valence electrons. The van der Waals surface area contributed by atoms with Gasteiger partial charge in [-0.25, -0.2) is 8.78 Å². The van der Waals surface area contributed by atoms with Crippen LogP contribution in [0.15, 0.2) is 30.0 Å². The van der Waals surface area contributed by atoms with Crippen molar-refractivity contribution < 1.29 is 18.3 Å². The van der Waals surface area contributed by atoms with Gasteiger partial charge >= 0.3 is 0 Å². The molecule has 5 nitrogen and oxygen atoms in total. The van der Waals surface area contributed by atoms with Crippen molar-refractivity contribution in [1.29, 1.82) is 5.26 Å². The Bertz CT molecular complexity index is 605. The van der Waals surface area contributed by atoms with Crippen LogP contribution in [0.4, 0.5) is 14.5 Å². The van der Waals surface area contributed by atoms with Crippen LogP contribution in [0.5, 0.6) is 0 Å². The molecule has 7 heteroatoms. The molecule has 21 heavy (non-hydrogen) atoms. The van der Waals surface area contributed by atoms with Crippen LogP contribution in [0.1, 0.15) is 0 Å². The topological polar surface area (TPSA) is 65.4 Å². The number of ether oxygens (including phenoxy) is 1. The van der Waals surface area contributed by atoms with Gasteiger partial charge in [0.05, 0.1) is 18.9 Å². The smallest absolute Gasteiger partial charge is 0.266 e. The van der Waals surface area contributed by atoms with E-state index >= 15 is 0 Å². The van der Waals surface area contributed by atoms with E-state index < -0.39 is 17.5 Å².